The number of aliphatic imine (C=N–C) groups is 1. The molecule has 1 nitrogen and oxygen atoms in total. The minimum absolute atomic E-state index is 0.636. The van der Waals surface area contributed by atoms with Gasteiger partial charge >= 0.3 is 0 Å². The maximum Gasteiger partial charge on any atom is 0.0292 e. The smallest absolute Gasteiger partial charge is 0.0292 e. The van der Waals surface area contributed by atoms with Gasteiger partial charge in [-0.2, -0.15) is 0 Å². The second kappa shape index (κ2) is 10.8. The van der Waals surface area contributed by atoms with Crippen molar-refractivity contribution >= 4 is 11.8 Å². The van der Waals surface area contributed by atoms with Gasteiger partial charge in [0.25, 0.3) is 0 Å². The summed E-state index contributed by atoms with van der Waals surface area (Å²) in [5, 5.41) is 0. The maximum absolute atomic E-state index is 4.16. The van der Waals surface area contributed by atoms with Gasteiger partial charge < -0.3 is 0 Å². The average molecular weight is 309 g/mol. The molecule has 1 heteroatoms. The number of rotatable bonds is 9. The van der Waals surface area contributed by atoms with Crippen molar-refractivity contribution in [3.05, 3.63) is 65.9 Å². The Hall–Kier alpha value is -1.89. The lowest BCUT2D eigenvalue weighted by atomic mass is 9.93. The molecule has 0 amide bonds. The van der Waals surface area contributed by atoms with E-state index < -0.39 is 0 Å². The lowest BCUT2D eigenvalue weighted by Gasteiger charge is -2.12. The van der Waals surface area contributed by atoms with Crippen LogP contribution in [0.1, 0.15) is 70.4 Å². The SMILES string of the molecule is C=C(/C=C/C(C)=C/N=CC)c1ccc(C(C)CCCCC)cc1. The number of nitrogens with zero attached hydrogens (tertiary/aromatic N) is 1. The largest absolute Gasteiger partial charge is 0.269 e. The summed E-state index contributed by atoms with van der Waals surface area (Å²) >= 11 is 0. The number of benzene rings is 1. The van der Waals surface area contributed by atoms with Crippen molar-refractivity contribution in [3.63, 3.8) is 0 Å². The molecule has 0 fully saturated rings. The molecule has 0 aromatic heterocycles. The third kappa shape index (κ3) is 7.27. The van der Waals surface area contributed by atoms with E-state index in [2.05, 4.69) is 61.8 Å². The molecule has 0 aliphatic rings. The summed E-state index contributed by atoms with van der Waals surface area (Å²) in [6, 6.07) is 8.85. The molecule has 0 aliphatic carbocycles. The van der Waals surface area contributed by atoms with E-state index in [9.17, 15) is 0 Å². The van der Waals surface area contributed by atoms with Crippen LogP contribution in [0.2, 0.25) is 0 Å². The standard InChI is InChI=1S/C22H31N/c1-6-8-9-10-19(4)21-13-15-22(16-14-21)20(5)12-11-18(3)17-23-7-2/h7,11-17,19H,5-6,8-10H2,1-4H3/b12-11+,18-17+,23-7?. The van der Waals surface area contributed by atoms with Crippen LogP contribution in [0.3, 0.4) is 0 Å². The molecule has 0 aliphatic heterocycles. The predicted octanol–water partition coefficient (Wildman–Crippen LogP) is 6.93. The van der Waals surface area contributed by atoms with E-state index in [1.165, 1.54) is 36.8 Å². The van der Waals surface area contributed by atoms with E-state index in [1.807, 2.05) is 20.0 Å². The van der Waals surface area contributed by atoms with Crippen LogP contribution in [-0.4, -0.2) is 6.21 Å². The summed E-state index contributed by atoms with van der Waals surface area (Å²) in [6.07, 6.45) is 13.0. The van der Waals surface area contributed by atoms with Crippen molar-refractivity contribution in [1.29, 1.82) is 0 Å². The minimum atomic E-state index is 0.636. The molecule has 0 spiro atoms. The molecule has 1 aromatic carbocycles. The predicted molar refractivity (Wildman–Crippen MR) is 105 cm³/mol. The Balaban J connectivity index is 2.65. The van der Waals surface area contributed by atoms with Crippen LogP contribution >= 0.6 is 0 Å². The van der Waals surface area contributed by atoms with Crippen LogP contribution in [0.4, 0.5) is 0 Å². The zero-order valence-corrected chi connectivity index (χ0v) is 15.2. The van der Waals surface area contributed by atoms with Crippen molar-refractivity contribution in [2.75, 3.05) is 0 Å². The Labute approximate surface area is 142 Å². The first kappa shape index (κ1) is 19.2. The number of allylic oxidation sites excluding steroid dienone is 4. The molecule has 124 valence electrons. The molecule has 23 heavy (non-hydrogen) atoms. The molecule has 0 radical (unpaired) electrons. The normalized spacial score (nSPS) is 13.8. The lowest BCUT2D eigenvalue weighted by molar-refractivity contribution is 0.598. The molecule has 1 rings (SSSR count). The zero-order valence-electron chi connectivity index (χ0n) is 15.2. The summed E-state index contributed by atoms with van der Waals surface area (Å²) in [5.74, 6) is 0.636. The zero-order chi connectivity index (χ0) is 17.1. The van der Waals surface area contributed by atoms with E-state index in [-0.39, 0.29) is 0 Å². The quantitative estimate of drug-likeness (QED) is 0.266. The Bertz CT molecular complexity index is 558. The van der Waals surface area contributed by atoms with Crippen LogP contribution in [0.5, 0.6) is 0 Å². The molecule has 0 N–H and O–H groups in total. The van der Waals surface area contributed by atoms with Crippen molar-refractivity contribution in [2.45, 2.75) is 59.3 Å². The van der Waals surface area contributed by atoms with Gasteiger partial charge in [-0.25, -0.2) is 0 Å². The molecule has 0 heterocycles. The minimum Gasteiger partial charge on any atom is -0.269 e. The first-order chi connectivity index (χ1) is 11.1. The number of hydrogen-bond acceptors (Lipinski definition) is 1. The molecular weight excluding hydrogens is 278 g/mol. The van der Waals surface area contributed by atoms with E-state index in [4.69, 9.17) is 0 Å². The maximum atomic E-state index is 4.16. The fraction of sp³-hybridized carbons (Fsp3) is 0.409. The summed E-state index contributed by atoms with van der Waals surface area (Å²) in [5.41, 5.74) is 4.75. The second-order valence-corrected chi connectivity index (χ2v) is 6.16. The van der Waals surface area contributed by atoms with Crippen LogP contribution in [-0.2, 0) is 0 Å². The third-order valence-corrected chi connectivity index (χ3v) is 4.07. The molecule has 0 bridgehead atoms. The van der Waals surface area contributed by atoms with Gasteiger partial charge in [-0.1, -0.05) is 76.1 Å². The average Bonchev–Trinajstić information content (AvgIpc) is 2.58. The topological polar surface area (TPSA) is 12.4 Å². The Morgan fingerprint density at radius 3 is 2.48 bits per heavy atom. The Morgan fingerprint density at radius 2 is 1.87 bits per heavy atom. The van der Waals surface area contributed by atoms with Gasteiger partial charge in [0.1, 0.15) is 0 Å². The van der Waals surface area contributed by atoms with Crippen molar-refractivity contribution in [1.82, 2.24) is 0 Å². The molecular formula is C22H31N. The fourth-order valence-electron chi connectivity index (χ4n) is 2.46. The van der Waals surface area contributed by atoms with Crippen molar-refractivity contribution in [2.24, 2.45) is 4.99 Å². The highest BCUT2D eigenvalue weighted by Crippen LogP contribution is 2.24. The van der Waals surface area contributed by atoms with Crippen LogP contribution < -0.4 is 0 Å². The molecule has 0 saturated carbocycles. The third-order valence-electron chi connectivity index (χ3n) is 4.07. The monoisotopic (exact) mass is 309 g/mol. The van der Waals surface area contributed by atoms with E-state index in [0.29, 0.717) is 5.92 Å². The Kier molecular flexibility index (Phi) is 8.97. The van der Waals surface area contributed by atoms with Crippen LogP contribution in [0, 0.1) is 0 Å². The van der Waals surface area contributed by atoms with Gasteiger partial charge in [0.05, 0.1) is 0 Å². The summed E-state index contributed by atoms with van der Waals surface area (Å²) in [7, 11) is 0. The molecule has 1 atom stereocenters. The van der Waals surface area contributed by atoms with Crippen LogP contribution in [0.25, 0.3) is 5.57 Å². The number of unbranched alkanes of at least 4 members (excludes halogenated alkanes) is 2. The van der Waals surface area contributed by atoms with Crippen LogP contribution in [0.15, 0.2) is 59.8 Å². The van der Waals surface area contributed by atoms with E-state index in [1.54, 1.807) is 6.21 Å². The Morgan fingerprint density at radius 1 is 1.17 bits per heavy atom. The highest BCUT2D eigenvalue weighted by atomic mass is 14.7. The summed E-state index contributed by atoms with van der Waals surface area (Å²) in [6.45, 7) is 12.7. The van der Waals surface area contributed by atoms with Gasteiger partial charge in [-0.05, 0) is 48.5 Å². The first-order valence-corrected chi connectivity index (χ1v) is 8.70. The molecule has 0 saturated heterocycles. The second-order valence-electron chi connectivity index (χ2n) is 6.16. The molecule has 1 unspecified atom stereocenters. The highest BCUT2D eigenvalue weighted by molar-refractivity contribution is 5.72. The first-order valence-electron chi connectivity index (χ1n) is 8.70. The van der Waals surface area contributed by atoms with Gasteiger partial charge in [0, 0.05) is 12.4 Å². The molecule has 1 aromatic rings. The van der Waals surface area contributed by atoms with Gasteiger partial charge in [-0.15, -0.1) is 0 Å². The van der Waals surface area contributed by atoms with Gasteiger partial charge in [-0.3, -0.25) is 4.99 Å². The lowest BCUT2D eigenvalue weighted by Crippen LogP contribution is -1.94. The van der Waals surface area contributed by atoms with Gasteiger partial charge in [0.15, 0.2) is 0 Å². The van der Waals surface area contributed by atoms with E-state index in [0.717, 1.165) is 11.1 Å². The summed E-state index contributed by atoms with van der Waals surface area (Å²) < 4.78 is 0. The van der Waals surface area contributed by atoms with Crippen molar-refractivity contribution in [3.8, 4) is 0 Å². The number of hydrogen-bond donors (Lipinski definition) is 0. The van der Waals surface area contributed by atoms with E-state index >= 15 is 0 Å². The highest BCUT2D eigenvalue weighted by Gasteiger charge is 2.05. The van der Waals surface area contributed by atoms with Crippen molar-refractivity contribution < 1.29 is 0 Å². The fourth-order valence-corrected chi connectivity index (χ4v) is 2.46. The van der Waals surface area contributed by atoms with Gasteiger partial charge in [0.2, 0.25) is 0 Å². The summed E-state index contributed by atoms with van der Waals surface area (Å²) in [4.78, 5) is 4.12.